The Morgan fingerprint density at radius 3 is 2.56 bits per heavy atom. The average molecular weight is 252 g/mol. The number of nitrogens with one attached hydrogen (secondary N) is 1. The molecule has 0 amide bonds. The molecule has 0 saturated heterocycles. The third-order valence-corrected chi connectivity index (χ3v) is 2.84. The molecule has 0 radical (unpaired) electrons. The van der Waals surface area contributed by atoms with Crippen molar-refractivity contribution in [2.45, 2.75) is 33.6 Å². The molecule has 1 aromatic carbocycles. The minimum Gasteiger partial charge on any atom is -0.383 e. The Kier molecular flexibility index (Phi) is 4.66. The number of hydrogen-bond acceptors (Lipinski definition) is 2. The lowest BCUT2D eigenvalue weighted by atomic mass is 9.90. The van der Waals surface area contributed by atoms with Crippen LogP contribution < -0.4 is 5.32 Å². The van der Waals surface area contributed by atoms with E-state index in [-0.39, 0.29) is 11.1 Å². The lowest BCUT2D eigenvalue weighted by Crippen LogP contribution is -2.11. The first-order valence-electron chi connectivity index (χ1n) is 5.96. The molecule has 0 fully saturated rings. The second-order valence-electron chi connectivity index (χ2n) is 5.11. The fourth-order valence-electron chi connectivity index (χ4n) is 1.59. The summed E-state index contributed by atoms with van der Waals surface area (Å²) in [5.74, 6) is -0.871. The van der Waals surface area contributed by atoms with Crippen molar-refractivity contribution in [1.29, 1.82) is 5.26 Å². The van der Waals surface area contributed by atoms with Crippen LogP contribution in [0.25, 0.3) is 0 Å². The second kappa shape index (κ2) is 5.81. The van der Waals surface area contributed by atoms with Crippen LogP contribution in [0.15, 0.2) is 12.1 Å². The minimum atomic E-state index is -0.451. The number of anilines is 1. The maximum atomic E-state index is 13.5. The average Bonchev–Trinajstić information content (AvgIpc) is 2.31. The highest BCUT2D eigenvalue weighted by atomic mass is 19.1. The molecule has 1 rings (SSSR count). The zero-order valence-electron chi connectivity index (χ0n) is 11.0. The zero-order chi connectivity index (χ0) is 13.8. The fraction of sp³-hybridized carbons (Fsp3) is 0.500. The number of halogens is 2. The summed E-state index contributed by atoms with van der Waals surface area (Å²) in [5, 5.41) is 11.7. The van der Waals surface area contributed by atoms with E-state index in [4.69, 9.17) is 5.26 Å². The van der Waals surface area contributed by atoms with E-state index in [9.17, 15) is 8.78 Å². The maximum absolute atomic E-state index is 13.5. The molecule has 0 aromatic heterocycles. The van der Waals surface area contributed by atoms with Gasteiger partial charge in [-0.1, -0.05) is 0 Å². The van der Waals surface area contributed by atoms with Gasteiger partial charge >= 0.3 is 0 Å². The summed E-state index contributed by atoms with van der Waals surface area (Å²) in [7, 11) is 0. The van der Waals surface area contributed by atoms with Gasteiger partial charge < -0.3 is 5.32 Å². The van der Waals surface area contributed by atoms with E-state index in [1.807, 2.05) is 13.8 Å². The van der Waals surface area contributed by atoms with Crippen molar-refractivity contribution < 1.29 is 8.78 Å². The van der Waals surface area contributed by atoms with Crippen LogP contribution in [-0.2, 0) is 0 Å². The molecule has 0 spiro atoms. The molecular formula is C14H18F2N2. The summed E-state index contributed by atoms with van der Waals surface area (Å²) in [6, 6.07) is 4.55. The molecule has 0 aliphatic rings. The number of hydrogen-bond donors (Lipinski definition) is 1. The summed E-state index contributed by atoms with van der Waals surface area (Å²) < 4.78 is 26.7. The van der Waals surface area contributed by atoms with Crippen molar-refractivity contribution in [2.24, 2.45) is 5.41 Å². The molecule has 1 N–H and O–H groups in total. The van der Waals surface area contributed by atoms with Gasteiger partial charge in [0, 0.05) is 12.6 Å². The first kappa shape index (κ1) is 14.4. The smallest absolute Gasteiger partial charge is 0.146 e. The van der Waals surface area contributed by atoms with Crippen LogP contribution in [0.1, 0.15) is 32.3 Å². The zero-order valence-corrected chi connectivity index (χ0v) is 11.0. The quantitative estimate of drug-likeness (QED) is 0.803. The lowest BCUT2D eigenvalue weighted by Gasteiger charge is -2.15. The standard InChI is InChI=1S/C14H18F2N2/c1-10-7-12(16)13(8-11(10)15)18-6-4-5-14(2,3)9-17/h7-8,18H,4-6H2,1-3H3. The van der Waals surface area contributed by atoms with Crippen LogP contribution in [0.4, 0.5) is 14.5 Å². The minimum absolute atomic E-state index is 0.174. The summed E-state index contributed by atoms with van der Waals surface area (Å²) in [5.41, 5.74) is 0.0928. The molecule has 2 nitrogen and oxygen atoms in total. The molecule has 4 heteroatoms. The Balaban J connectivity index is 2.50. The van der Waals surface area contributed by atoms with E-state index < -0.39 is 11.6 Å². The van der Waals surface area contributed by atoms with Crippen LogP contribution in [0.5, 0.6) is 0 Å². The van der Waals surface area contributed by atoms with E-state index in [1.54, 1.807) is 0 Å². The first-order valence-corrected chi connectivity index (χ1v) is 5.96. The largest absolute Gasteiger partial charge is 0.383 e. The Labute approximate surface area is 107 Å². The molecule has 1 aromatic rings. The van der Waals surface area contributed by atoms with Gasteiger partial charge in [0.2, 0.25) is 0 Å². The van der Waals surface area contributed by atoms with E-state index in [0.29, 0.717) is 18.5 Å². The molecule has 0 aliphatic carbocycles. The van der Waals surface area contributed by atoms with Crippen molar-refractivity contribution in [3.05, 3.63) is 29.3 Å². The van der Waals surface area contributed by atoms with Crippen molar-refractivity contribution in [3.8, 4) is 6.07 Å². The van der Waals surface area contributed by atoms with Crippen LogP contribution in [0.2, 0.25) is 0 Å². The van der Waals surface area contributed by atoms with Gasteiger partial charge in [0.25, 0.3) is 0 Å². The molecule has 0 aliphatic heterocycles. The van der Waals surface area contributed by atoms with Crippen molar-refractivity contribution in [2.75, 3.05) is 11.9 Å². The number of benzene rings is 1. The van der Waals surface area contributed by atoms with Crippen LogP contribution in [0.3, 0.4) is 0 Å². The number of nitriles is 1. The normalized spacial score (nSPS) is 11.1. The predicted octanol–water partition coefficient (Wildman–Crippen LogP) is 4.02. The molecule has 0 saturated carbocycles. The molecule has 0 unspecified atom stereocenters. The van der Waals surface area contributed by atoms with Crippen LogP contribution in [0, 0.1) is 35.3 Å². The Morgan fingerprint density at radius 2 is 1.94 bits per heavy atom. The number of aryl methyl sites for hydroxylation is 1. The van der Waals surface area contributed by atoms with Gasteiger partial charge in [-0.05, 0) is 45.2 Å². The van der Waals surface area contributed by atoms with Gasteiger partial charge in [0.05, 0.1) is 17.2 Å². The monoisotopic (exact) mass is 252 g/mol. The van der Waals surface area contributed by atoms with E-state index in [2.05, 4.69) is 11.4 Å². The summed E-state index contributed by atoms with van der Waals surface area (Å²) >= 11 is 0. The van der Waals surface area contributed by atoms with Gasteiger partial charge in [-0.25, -0.2) is 8.78 Å². The Morgan fingerprint density at radius 1 is 1.28 bits per heavy atom. The molecule has 98 valence electrons. The van der Waals surface area contributed by atoms with Gasteiger partial charge in [-0.3, -0.25) is 0 Å². The SMILES string of the molecule is Cc1cc(F)c(NCCCC(C)(C)C#N)cc1F. The van der Waals surface area contributed by atoms with E-state index >= 15 is 0 Å². The van der Waals surface area contributed by atoms with E-state index in [0.717, 1.165) is 6.42 Å². The third-order valence-electron chi connectivity index (χ3n) is 2.84. The van der Waals surface area contributed by atoms with Gasteiger partial charge in [-0.2, -0.15) is 5.26 Å². The van der Waals surface area contributed by atoms with Gasteiger partial charge in [-0.15, -0.1) is 0 Å². The molecule has 18 heavy (non-hydrogen) atoms. The molecular weight excluding hydrogens is 234 g/mol. The van der Waals surface area contributed by atoms with Crippen LogP contribution in [-0.4, -0.2) is 6.54 Å². The highest BCUT2D eigenvalue weighted by Gasteiger charge is 2.15. The summed E-state index contributed by atoms with van der Waals surface area (Å²) in [4.78, 5) is 0. The summed E-state index contributed by atoms with van der Waals surface area (Å²) in [6.07, 6.45) is 1.45. The Bertz CT molecular complexity index is 462. The summed E-state index contributed by atoms with van der Waals surface area (Å²) in [6.45, 7) is 5.76. The number of nitrogens with zero attached hydrogens (tertiary/aromatic N) is 1. The Hall–Kier alpha value is -1.63. The highest BCUT2D eigenvalue weighted by molar-refractivity contribution is 5.46. The van der Waals surface area contributed by atoms with Crippen molar-refractivity contribution >= 4 is 5.69 Å². The first-order chi connectivity index (χ1) is 8.35. The van der Waals surface area contributed by atoms with Crippen LogP contribution >= 0.6 is 0 Å². The molecule has 0 heterocycles. The topological polar surface area (TPSA) is 35.8 Å². The highest BCUT2D eigenvalue weighted by Crippen LogP contribution is 2.22. The molecule has 0 atom stereocenters. The van der Waals surface area contributed by atoms with Crippen molar-refractivity contribution in [1.82, 2.24) is 0 Å². The number of rotatable bonds is 5. The molecule has 0 bridgehead atoms. The maximum Gasteiger partial charge on any atom is 0.146 e. The van der Waals surface area contributed by atoms with Gasteiger partial charge in [0.15, 0.2) is 0 Å². The predicted molar refractivity (Wildman–Crippen MR) is 68.2 cm³/mol. The third kappa shape index (κ3) is 3.99. The second-order valence-corrected chi connectivity index (χ2v) is 5.11. The van der Waals surface area contributed by atoms with E-state index in [1.165, 1.54) is 19.1 Å². The van der Waals surface area contributed by atoms with Crippen molar-refractivity contribution in [3.63, 3.8) is 0 Å². The fourth-order valence-corrected chi connectivity index (χ4v) is 1.59. The van der Waals surface area contributed by atoms with Gasteiger partial charge in [0.1, 0.15) is 11.6 Å². The lowest BCUT2D eigenvalue weighted by molar-refractivity contribution is 0.441.